The first-order valence-corrected chi connectivity index (χ1v) is 6.66. The quantitative estimate of drug-likeness (QED) is 0.231. The molecule has 0 aromatic rings. The maximum Gasteiger partial charge on any atom is 0.0348 e. The normalized spacial score (nSPS) is 9.79. The number of thioether (sulfide) groups is 1. The van der Waals surface area contributed by atoms with E-state index in [0.717, 1.165) is 5.75 Å². The van der Waals surface area contributed by atoms with Gasteiger partial charge in [-0.05, 0) is 23.5 Å². The molecule has 0 aromatic heterocycles. The van der Waals surface area contributed by atoms with Crippen molar-refractivity contribution in [2.45, 2.75) is 45.4 Å². The van der Waals surface area contributed by atoms with E-state index in [9.17, 15) is 0 Å². The van der Waals surface area contributed by atoms with E-state index in [4.69, 9.17) is 5.53 Å². The number of hydrogen-bond donors (Lipinski definition) is 0. The van der Waals surface area contributed by atoms with Crippen molar-refractivity contribution in [3.05, 3.63) is 10.4 Å². The van der Waals surface area contributed by atoms with Crippen LogP contribution in [0.2, 0.25) is 0 Å². The molecule has 0 aliphatic carbocycles. The first kappa shape index (κ1) is 13.7. The van der Waals surface area contributed by atoms with E-state index in [-0.39, 0.29) is 0 Å². The van der Waals surface area contributed by atoms with E-state index < -0.39 is 0 Å². The van der Waals surface area contributed by atoms with Gasteiger partial charge in [0.2, 0.25) is 0 Å². The van der Waals surface area contributed by atoms with Gasteiger partial charge < -0.3 is 0 Å². The molecule has 0 radical (unpaired) electrons. The fourth-order valence-corrected chi connectivity index (χ4v) is 2.06. The predicted molar refractivity (Wildman–Crippen MR) is 64.7 cm³/mol. The fourth-order valence-electron chi connectivity index (χ4n) is 1.24. The summed E-state index contributed by atoms with van der Waals surface area (Å²) in [6, 6.07) is 0. The van der Waals surface area contributed by atoms with Gasteiger partial charge in [-0.1, -0.05) is 44.1 Å². The molecule has 0 spiro atoms. The summed E-state index contributed by atoms with van der Waals surface area (Å²) in [6.45, 7) is 2.88. The van der Waals surface area contributed by atoms with E-state index in [1.54, 1.807) is 0 Å². The van der Waals surface area contributed by atoms with Gasteiger partial charge in [0.05, 0.1) is 0 Å². The number of nitrogens with zero attached hydrogens (tertiary/aromatic N) is 3. The summed E-state index contributed by atoms with van der Waals surface area (Å²) in [5, 5.41) is 3.49. The van der Waals surface area contributed by atoms with Crippen LogP contribution < -0.4 is 0 Å². The Labute approximate surface area is 91.3 Å². The van der Waals surface area contributed by atoms with Crippen LogP contribution in [0.3, 0.4) is 0 Å². The van der Waals surface area contributed by atoms with Gasteiger partial charge in [-0.15, -0.1) is 0 Å². The second kappa shape index (κ2) is 12.7. The zero-order valence-corrected chi connectivity index (χ0v) is 9.93. The molecule has 0 aliphatic rings. The third-order valence-electron chi connectivity index (χ3n) is 2.04. The average molecular weight is 215 g/mol. The molecule has 3 nitrogen and oxygen atoms in total. The lowest BCUT2D eigenvalue weighted by Gasteiger charge is -2.00. The van der Waals surface area contributed by atoms with Crippen molar-refractivity contribution in [1.82, 2.24) is 0 Å². The average Bonchev–Trinajstić information content (AvgIpc) is 2.21. The molecular weight excluding hydrogens is 194 g/mol. The summed E-state index contributed by atoms with van der Waals surface area (Å²) in [4.78, 5) is 2.72. The molecule has 0 saturated heterocycles. The van der Waals surface area contributed by atoms with Crippen LogP contribution >= 0.6 is 11.8 Å². The predicted octanol–water partition coefficient (Wildman–Crippen LogP) is 4.39. The number of unbranched alkanes of at least 4 members (excludes halogenated alkanes) is 5. The smallest absolute Gasteiger partial charge is 0.0348 e. The molecule has 0 heterocycles. The Kier molecular flexibility index (Phi) is 12.4. The minimum Gasteiger partial charge on any atom is -0.162 e. The van der Waals surface area contributed by atoms with Crippen molar-refractivity contribution >= 4 is 11.8 Å². The Morgan fingerprint density at radius 2 is 1.79 bits per heavy atom. The van der Waals surface area contributed by atoms with Gasteiger partial charge in [0, 0.05) is 11.5 Å². The van der Waals surface area contributed by atoms with Gasteiger partial charge in [-0.2, -0.15) is 11.8 Å². The highest BCUT2D eigenvalue weighted by Gasteiger charge is 1.90. The molecule has 0 aromatic carbocycles. The van der Waals surface area contributed by atoms with Crippen LogP contribution in [0.4, 0.5) is 0 Å². The van der Waals surface area contributed by atoms with Gasteiger partial charge in [0.1, 0.15) is 0 Å². The van der Waals surface area contributed by atoms with Crippen LogP contribution in [-0.2, 0) is 0 Å². The van der Waals surface area contributed by atoms with Crippen molar-refractivity contribution in [2.75, 3.05) is 18.1 Å². The minimum atomic E-state index is 0.636. The highest BCUT2D eigenvalue weighted by atomic mass is 32.2. The van der Waals surface area contributed by atoms with Crippen LogP contribution in [0.15, 0.2) is 5.11 Å². The summed E-state index contributed by atoms with van der Waals surface area (Å²) in [5.41, 5.74) is 8.04. The molecule has 0 atom stereocenters. The van der Waals surface area contributed by atoms with E-state index in [2.05, 4.69) is 16.9 Å². The Bertz CT molecular complexity index is 155. The summed E-state index contributed by atoms with van der Waals surface area (Å²) in [5.74, 6) is 2.19. The molecule has 14 heavy (non-hydrogen) atoms. The van der Waals surface area contributed by atoms with E-state index >= 15 is 0 Å². The maximum absolute atomic E-state index is 8.04. The van der Waals surface area contributed by atoms with Crippen LogP contribution in [0, 0.1) is 0 Å². The fraction of sp³-hybridized carbons (Fsp3) is 1.00. The molecule has 82 valence electrons. The molecule has 4 heteroatoms. The first-order chi connectivity index (χ1) is 6.91. The van der Waals surface area contributed by atoms with Crippen molar-refractivity contribution < 1.29 is 0 Å². The van der Waals surface area contributed by atoms with E-state index in [1.165, 1.54) is 44.3 Å². The highest BCUT2D eigenvalue weighted by molar-refractivity contribution is 7.99. The topological polar surface area (TPSA) is 48.8 Å². The van der Waals surface area contributed by atoms with Crippen molar-refractivity contribution in [2.24, 2.45) is 5.11 Å². The molecule has 0 N–H and O–H groups in total. The SMILES string of the molecule is CCCCCCCCSCCN=[N+]=[N-]. The monoisotopic (exact) mass is 215 g/mol. The highest BCUT2D eigenvalue weighted by Crippen LogP contribution is 2.09. The molecular formula is C10H21N3S. The molecule has 0 aliphatic heterocycles. The maximum atomic E-state index is 8.04. The van der Waals surface area contributed by atoms with Crippen molar-refractivity contribution in [3.63, 3.8) is 0 Å². The van der Waals surface area contributed by atoms with Crippen molar-refractivity contribution in [1.29, 1.82) is 0 Å². The van der Waals surface area contributed by atoms with Crippen LogP contribution in [0.25, 0.3) is 10.4 Å². The standard InChI is InChI=1S/C10H21N3S/c1-2-3-4-5-6-7-9-14-10-8-12-13-11/h2-10H2,1H3. The van der Waals surface area contributed by atoms with E-state index in [1.807, 2.05) is 11.8 Å². The Morgan fingerprint density at radius 3 is 2.50 bits per heavy atom. The first-order valence-electron chi connectivity index (χ1n) is 5.50. The van der Waals surface area contributed by atoms with Gasteiger partial charge in [-0.3, -0.25) is 0 Å². The molecule has 0 unspecified atom stereocenters. The zero-order valence-electron chi connectivity index (χ0n) is 9.11. The summed E-state index contributed by atoms with van der Waals surface area (Å²) >= 11 is 1.89. The minimum absolute atomic E-state index is 0.636. The lowest BCUT2D eigenvalue weighted by molar-refractivity contribution is 0.627. The summed E-state index contributed by atoms with van der Waals surface area (Å²) in [7, 11) is 0. The second-order valence-corrected chi connectivity index (χ2v) is 4.56. The van der Waals surface area contributed by atoms with Crippen molar-refractivity contribution in [3.8, 4) is 0 Å². The lowest BCUT2D eigenvalue weighted by atomic mass is 10.1. The lowest BCUT2D eigenvalue weighted by Crippen LogP contribution is -1.87. The Balaban J connectivity index is 2.88. The second-order valence-electron chi connectivity index (χ2n) is 3.33. The third-order valence-corrected chi connectivity index (χ3v) is 3.09. The van der Waals surface area contributed by atoms with Gasteiger partial charge in [-0.25, -0.2) is 0 Å². The number of rotatable bonds is 10. The number of hydrogen-bond acceptors (Lipinski definition) is 2. The third kappa shape index (κ3) is 11.7. The van der Waals surface area contributed by atoms with Gasteiger partial charge in [0.15, 0.2) is 0 Å². The molecule has 0 bridgehead atoms. The van der Waals surface area contributed by atoms with Crippen LogP contribution in [-0.4, -0.2) is 18.1 Å². The van der Waals surface area contributed by atoms with E-state index in [0.29, 0.717) is 6.54 Å². The molecule has 0 fully saturated rings. The van der Waals surface area contributed by atoms with Crippen LogP contribution in [0.1, 0.15) is 45.4 Å². The molecule has 0 amide bonds. The molecule has 0 saturated carbocycles. The number of azide groups is 1. The Morgan fingerprint density at radius 1 is 1.07 bits per heavy atom. The zero-order chi connectivity index (χ0) is 10.5. The summed E-state index contributed by atoms with van der Waals surface area (Å²) in [6.07, 6.45) is 8.13. The van der Waals surface area contributed by atoms with Gasteiger partial charge >= 0.3 is 0 Å². The summed E-state index contributed by atoms with van der Waals surface area (Å²) < 4.78 is 0. The largest absolute Gasteiger partial charge is 0.162 e. The Hall–Kier alpha value is -0.340. The van der Waals surface area contributed by atoms with Crippen LogP contribution in [0.5, 0.6) is 0 Å². The van der Waals surface area contributed by atoms with Gasteiger partial charge in [0.25, 0.3) is 0 Å². The molecule has 0 rings (SSSR count).